The summed E-state index contributed by atoms with van der Waals surface area (Å²) in [6.07, 6.45) is 0.727. The summed E-state index contributed by atoms with van der Waals surface area (Å²) in [5, 5.41) is 15.0. The van der Waals surface area contributed by atoms with Gasteiger partial charge < -0.3 is 15.7 Å². The van der Waals surface area contributed by atoms with Crippen molar-refractivity contribution in [2.24, 2.45) is 5.92 Å². The molecule has 8 heteroatoms. The van der Waals surface area contributed by atoms with Gasteiger partial charge in [0.1, 0.15) is 5.54 Å². The zero-order valence-electron chi connectivity index (χ0n) is 14.1. The SMILES string of the molecule is CC(C)CC(=O)Nc1ccc(Cl)c(C(=O)NC2(C(=O)O)CCSC2)c1. The molecule has 0 aliphatic carbocycles. The van der Waals surface area contributed by atoms with Crippen LogP contribution in [0.1, 0.15) is 37.0 Å². The van der Waals surface area contributed by atoms with E-state index >= 15 is 0 Å². The molecule has 1 saturated heterocycles. The molecule has 0 saturated carbocycles. The number of halogens is 1. The first-order chi connectivity index (χ1) is 11.7. The number of thioether (sulfide) groups is 1. The molecule has 1 aliphatic rings. The zero-order chi connectivity index (χ0) is 18.6. The van der Waals surface area contributed by atoms with E-state index in [2.05, 4.69) is 10.6 Å². The first kappa shape index (κ1) is 19.6. The minimum atomic E-state index is -1.28. The Morgan fingerprint density at radius 2 is 2.08 bits per heavy atom. The molecule has 0 spiro atoms. The summed E-state index contributed by atoms with van der Waals surface area (Å²) in [5.41, 5.74) is -0.686. The molecule has 3 N–H and O–H groups in total. The van der Waals surface area contributed by atoms with Gasteiger partial charge in [0, 0.05) is 17.9 Å². The maximum absolute atomic E-state index is 12.6. The number of nitrogens with one attached hydrogen (secondary N) is 2. The molecule has 136 valence electrons. The lowest BCUT2D eigenvalue weighted by molar-refractivity contribution is -0.143. The van der Waals surface area contributed by atoms with Crippen molar-refractivity contribution in [2.75, 3.05) is 16.8 Å². The van der Waals surface area contributed by atoms with Gasteiger partial charge in [-0.05, 0) is 36.3 Å². The summed E-state index contributed by atoms with van der Waals surface area (Å²) in [6, 6.07) is 4.58. The van der Waals surface area contributed by atoms with Crippen LogP contribution in [0, 0.1) is 5.92 Å². The summed E-state index contributed by atoms with van der Waals surface area (Å²) in [7, 11) is 0. The van der Waals surface area contributed by atoms with Gasteiger partial charge in [-0.15, -0.1) is 0 Å². The van der Waals surface area contributed by atoms with E-state index in [1.54, 1.807) is 6.07 Å². The second-order valence-electron chi connectivity index (χ2n) is 6.48. The molecule has 1 atom stereocenters. The van der Waals surface area contributed by atoms with Crippen molar-refractivity contribution in [3.8, 4) is 0 Å². The fraction of sp³-hybridized carbons (Fsp3) is 0.471. The summed E-state index contributed by atoms with van der Waals surface area (Å²) < 4.78 is 0. The van der Waals surface area contributed by atoms with Crippen molar-refractivity contribution in [1.82, 2.24) is 5.32 Å². The van der Waals surface area contributed by atoms with E-state index in [1.807, 2.05) is 13.8 Å². The highest BCUT2D eigenvalue weighted by Gasteiger charge is 2.43. The molecule has 1 aliphatic heterocycles. The van der Waals surface area contributed by atoms with Crippen molar-refractivity contribution in [2.45, 2.75) is 32.2 Å². The Balaban J connectivity index is 2.17. The second-order valence-corrected chi connectivity index (χ2v) is 8.00. The number of hydrogen-bond acceptors (Lipinski definition) is 4. The van der Waals surface area contributed by atoms with Gasteiger partial charge in [0.05, 0.1) is 10.6 Å². The quantitative estimate of drug-likeness (QED) is 0.700. The molecule has 0 radical (unpaired) electrons. The lowest BCUT2D eigenvalue weighted by Crippen LogP contribution is -2.54. The van der Waals surface area contributed by atoms with Crippen LogP contribution >= 0.6 is 23.4 Å². The molecule has 0 aromatic heterocycles. The van der Waals surface area contributed by atoms with Crippen LogP contribution < -0.4 is 10.6 Å². The van der Waals surface area contributed by atoms with Crippen molar-refractivity contribution >= 4 is 46.8 Å². The number of carboxylic acid groups (broad SMARTS) is 1. The molecule has 2 rings (SSSR count). The van der Waals surface area contributed by atoms with Crippen LogP contribution in [0.15, 0.2) is 18.2 Å². The first-order valence-electron chi connectivity index (χ1n) is 7.96. The maximum atomic E-state index is 12.6. The molecular formula is C17H21ClN2O4S. The van der Waals surface area contributed by atoms with Gasteiger partial charge in [-0.1, -0.05) is 25.4 Å². The van der Waals surface area contributed by atoms with Crippen LogP contribution in [-0.4, -0.2) is 39.9 Å². The normalized spacial score (nSPS) is 19.7. The Morgan fingerprint density at radius 3 is 2.64 bits per heavy atom. The predicted molar refractivity (Wildman–Crippen MR) is 99.3 cm³/mol. The molecule has 1 unspecified atom stereocenters. The number of rotatable bonds is 6. The highest BCUT2D eigenvalue weighted by Crippen LogP contribution is 2.29. The third-order valence-electron chi connectivity index (χ3n) is 3.87. The third-order valence-corrected chi connectivity index (χ3v) is 5.39. The minimum Gasteiger partial charge on any atom is -0.479 e. The molecule has 1 aromatic rings. The number of anilines is 1. The Hall–Kier alpha value is -1.73. The first-order valence-corrected chi connectivity index (χ1v) is 9.50. The van der Waals surface area contributed by atoms with Crippen molar-refractivity contribution < 1.29 is 19.5 Å². The zero-order valence-corrected chi connectivity index (χ0v) is 15.7. The van der Waals surface area contributed by atoms with Gasteiger partial charge in [-0.25, -0.2) is 4.79 Å². The van der Waals surface area contributed by atoms with Gasteiger partial charge in [-0.2, -0.15) is 11.8 Å². The summed E-state index contributed by atoms with van der Waals surface area (Å²) >= 11 is 7.58. The lowest BCUT2D eigenvalue weighted by atomic mass is 9.98. The average molecular weight is 385 g/mol. The van der Waals surface area contributed by atoms with Crippen LogP contribution in [0.3, 0.4) is 0 Å². The number of hydrogen-bond donors (Lipinski definition) is 3. The largest absolute Gasteiger partial charge is 0.479 e. The van der Waals surface area contributed by atoms with E-state index < -0.39 is 17.4 Å². The van der Waals surface area contributed by atoms with Crippen LogP contribution in [-0.2, 0) is 9.59 Å². The lowest BCUT2D eigenvalue weighted by Gasteiger charge is -2.25. The van der Waals surface area contributed by atoms with E-state index in [0.717, 1.165) is 0 Å². The third kappa shape index (κ3) is 4.89. The molecular weight excluding hydrogens is 364 g/mol. The molecule has 1 fully saturated rings. The minimum absolute atomic E-state index is 0.140. The molecule has 0 bridgehead atoms. The topological polar surface area (TPSA) is 95.5 Å². The number of benzene rings is 1. The van der Waals surface area contributed by atoms with E-state index in [0.29, 0.717) is 30.0 Å². The molecule has 2 amide bonds. The van der Waals surface area contributed by atoms with Crippen LogP contribution in [0.5, 0.6) is 0 Å². The molecule has 1 heterocycles. The van der Waals surface area contributed by atoms with Gasteiger partial charge in [0.15, 0.2) is 0 Å². The monoisotopic (exact) mass is 384 g/mol. The van der Waals surface area contributed by atoms with Crippen LogP contribution in [0.2, 0.25) is 5.02 Å². The van der Waals surface area contributed by atoms with Crippen molar-refractivity contribution in [1.29, 1.82) is 0 Å². The fourth-order valence-corrected chi connectivity index (χ4v) is 4.06. The average Bonchev–Trinajstić information content (AvgIpc) is 2.98. The summed E-state index contributed by atoms with van der Waals surface area (Å²) in [4.78, 5) is 36.0. The molecule has 6 nitrogen and oxygen atoms in total. The Morgan fingerprint density at radius 1 is 1.36 bits per heavy atom. The highest BCUT2D eigenvalue weighted by atomic mass is 35.5. The smallest absolute Gasteiger partial charge is 0.330 e. The van der Waals surface area contributed by atoms with E-state index in [4.69, 9.17) is 11.6 Å². The van der Waals surface area contributed by atoms with Gasteiger partial charge in [-0.3, -0.25) is 9.59 Å². The highest BCUT2D eigenvalue weighted by molar-refractivity contribution is 7.99. The van der Waals surface area contributed by atoms with Crippen LogP contribution in [0.4, 0.5) is 5.69 Å². The summed E-state index contributed by atoms with van der Waals surface area (Å²) in [5.74, 6) is -0.566. The van der Waals surface area contributed by atoms with Crippen LogP contribution in [0.25, 0.3) is 0 Å². The van der Waals surface area contributed by atoms with Gasteiger partial charge >= 0.3 is 5.97 Å². The van der Waals surface area contributed by atoms with E-state index in [1.165, 1.54) is 23.9 Å². The molecule has 25 heavy (non-hydrogen) atoms. The number of carbonyl (C=O) groups is 3. The van der Waals surface area contributed by atoms with Gasteiger partial charge in [0.2, 0.25) is 5.91 Å². The van der Waals surface area contributed by atoms with E-state index in [-0.39, 0.29) is 22.4 Å². The molecule has 1 aromatic carbocycles. The van der Waals surface area contributed by atoms with Gasteiger partial charge in [0.25, 0.3) is 5.91 Å². The van der Waals surface area contributed by atoms with Crippen molar-refractivity contribution in [3.63, 3.8) is 0 Å². The number of carboxylic acids is 1. The predicted octanol–water partition coefficient (Wildman–Crippen LogP) is 3.01. The fourth-order valence-electron chi connectivity index (χ4n) is 2.53. The number of aliphatic carboxylic acids is 1. The Bertz CT molecular complexity index is 687. The number of amides is 2. The Kier molecular flexibility index (Phi) is 6.35. The Labute approximate surface area is 155 Å². The number of carbonyl (C=O) groups excluding carboxylic acids is 2. The van der Waals surface area contributed by atoms with Crippen molar-refractivity contribution in [3.05, 3.63) is 28.8 Å². The maximum Gasteiger partial charge on any atom is 0.330 e. The standard InChI is InChI=1S/C17H21ClN2O4S/c1-10(2)7-14(21)19-11-3-4-13(18)12(8-11)15(22)20-17(16(23)24)5-6-25-9-17/h3-4,8,10H,5-7,9H2,1-2H3,(H,19,21)(H,20,22)(H,23,24). The summed E-state index contributed by atoms with van der Waals surface area (Å²) in [6.45, 7) is 3.87. The van der Waals surface area contributed by atoms with E-state index in [9.17, 15) is 19.5 Å². The second kappa shape index (κ2) is 8.10.